The Morgan fingerprint density at radius 3 is 2.43 bits per heavy atom. The van der Waals surface area contributed by atoms with Gasteiger partial charge in [0.05, 0.1) is 0 Å². The third kappa shape index (κ3) is 1.69. The van der Waals surface area contributed by atoms with Crippen molar-refractivity contribution in [3.63, 3.8) is 0 Å². The van der Waals surface area contributed by atoms with Crippen LogP contribution in [0.4, 0.5) is 0 Å². The van der Waals surface area contributed by atoms with Gasteiger partial charge >= 0.3 is 0 Å². The van der Waals surface area contributed by atoms with E-state index in [1.807, 2.05) is 12.3 Å². The van der Waals surface area contributed by atoms with Gasteiger partial charge in [0.2, 0.25) is 0 Å². The fraction of sp³-hybridized carbons (Fsp3) is 0.250. The molecule has 0 amide bonds. The molecule has 0 aliphatic rings. The molecule has 1 N–H and O–H groups in total. The van der Waals surface area contributed by atoms with Crippen molar-refractivity contribution in [2.24, 2.45) is 0 Å². The van der Waals surface area contributed by atoms with E-state index >= 15 is 0 Å². The van der Waals surface area contributed by atoms with Crippen LogP contribution in [0.15, 0.2) is 36.5 Å². The Bertz CT molecular complexity index is 396. The van der Waals surface area contributed by atoms with Crippen molar-refractivity contribution in [1.82, 2.24) is 4.98 Å². The highest BCUT2D eigenvalue weighted by atomic mass is 15.1. The molecule has 2 aromatic rings. The first-order valence-corrected chi connectivity index (χ1v) is 4.86. The number of aromatic amines is 1. The highest BCUT2D eigenvalue weighted by Gasteiger charge is 2.09. The Morgan fingerprint density at radius 2 is 1.86 bits per heavy atom. The number of nitrogens with zero attached hydrogens (tertiary/aromatic N) is 1. The van der Waals surface area contributed by atoms with Gasteiger partial charge < -0.3 is 0 Å². The van der Waals surface area contributed by atoms with E-state index in [9.17, 15) is 0 Å². The summed E-state index contributed by atoms with van der Waals surface area (Å²) in [7, 11) is 0. The molecule has 0 radical (unpaired) electrons. The molecule has 0 fully saturated rings. The molecule has 14 heavy (non-hydrogen) atoms. The summed E-state index contributed by atoms with van der Waals surface area (Å²) >= 11 is 0. The number of nitrogens with one attached hydrogen (secondary N) is 1. The summed E-state index contributed by atoms with van der Waals surface area (Å²) in [6, 6.07) is 10.5. The van der Waals surface area contributed by atoms with Crippen LogP contribution in [0.1, 0.15) is 17.1 Å². The van der Waals surface area contributed by atoms with Crippen molar-refractivity contribution in [2.45, 2.75) is 20.4 Å². The maximum absolute atomic E-state index is 3.22. The predicted molar refractivity (Wildman–Crippen MR) is 56.0 cm³/mol. The summed E-state index contributed by atoms with van der Waals surface area (Å²) in [5.74, 6) is 1.20. The van der Waals surface area contributed by atoms with Gasteiger partial charge in [-0.15, -0.1) is 0 Å². The first-order chi connectivity index (χ1) is 6.77. The molecule has 1 aromatic heterocycles. The molecule has 0 unspecified atom stereocenters. The SMILES string of the molecule is Cc1c[nH]c(C)[n+]1Cc1ccccc1. The summed E-state index contributed by atoms with van der Waals surface area (Å²) < 4.78 is 2.27. The van der Waals surface area contributed by atoms with Crippen molar-refractivity contribution in [1.29, 1.82) is 0 Å². The Labute approximate surface area is 84.2 Å². The number of benzene rings is 1. The van der Waals surface area contributed by atoms with Crippen LogP contribution in [0.3, 0.4) is 0 Å². The molecule has 0 saturated heterocycles. The van der Waals surface area contributed by atoms with Gasteiger partial charge in [-0.25, -0.2) is 9.55 Å². The number of rotatable bonds is 2. The van der Waals surface area contributed by atoms with Crippen molar-refractivity contribution in [3.8, 4) is 0 Å². The lowest BCUT2D eigenvalue weighted by Crippen LogP contribution is -2.38. The van der Waals surface area contributed by atoms with Crippen LogP contribution in [0.5, 0.6) is 0 Å². The van der Waals surface area contributed by atoms with E-state index in [4.69, 9.17) is 0 Å². The molecule has 2 nitrogen and oxygen atoms in total. The highest BCUT2D eigenvalue weighted by molar-refractivity contribution is 5.13. The summed E-state index contributed by atoms with van der Waals surface area (Å²) in [6.07, 6.45) is 2.04. The van der Waals surface area contributed by atoms with E-state index < -0.39 is 0 Å². The van der Waals surface area contributed by atoms with E-state index in [-0.39, 0.29) is 0 Å². The number of hydrogen-bond acceptors (Lipinski definition) is 0. The van der Waals surface area contributed by atoms with Crippen LogP contribution in [0.25, 0.3) is 0 Å². The summed E-state index contributed by atoms with van der Waals surface area (Å²) in [6.45, 7) is 5.16. The molecule has 0 saturated carbocycles. The zero-order chi connectivity index (χ0) is 9.97. The molecule has 72 valence electrons. The Kier molecular flexibility index (Phi) is 2.35. The molecule has 2 heteroatoms. The zero-order valence-electron chi connectivity index (χ0n) is 8.62. The number of imidazole rings is 1. The Morgan fingerprint density at radius 1 is 1.14 bits per heavy atom. The number of aromatic nitrogens is 2. The van der Waals surface area contributed by atoms with Gasteiger partial charge in [-0.2, -0.15) is 0 Å². The third-order valence-corrected chi connectivity index (χ3v) is 2.50. The predicted octanol–water partition coefficient (Wildman–Crippen LogP) is 1.97. The van der Waals surface area contributed by atoms with Crippen molar-refractivity contribution < 1.29 is 4.57 Å². The Hall–Kier alpha value is -1.57. The molecule has 0 bridgehead atoms. The van der Waals surface area contributed by atoms with Crippen LogP contribution < -0.4 is 4.57 Å². The standard InChI is InChI=1S/C12H14N2/c1-10-8-13-11(2)14(10)9-12-6-4-3-5-7-12/h3-8H,9H2,1-2H3/p+1. The molecule has 1 heterocycles. The fourth-order valence-electron chi connectivity index (χ4n) is 1.64. The van der Waals surface area contributed by atoms with Crippen molar-refractivity contribution in [2.75, 3.05) is 0 Å². The average molecular weight is 187 g/mol. The van der Waals surface area contributed by atoms with Crippen LogP contribution in [0, 0.1) is 13.8 Å². The number of H-pyrrole nitrogens is 1. The van der Waals surface area contributed by atoms with Gasteiger partial charge in [0.1, 0.15) is 18.4 Å². The normalized spacial score (nSPS) is 10.4. The van der Waals surface area contributed by atoms with Gasteiger partial charge in [-0.05, 0) is 5.56 Å². The van der Waals surface area contributed by atoms with Crippen molar-refractivity contribution >= 4 is 0 Å². The first kappa shape index (κ1) is 9.00. The summed E-state index contributed by atoms with van der Waals surface area (Å²) in [5, 5.41) is 0. The molecule has 2 rings (SSSR count). The topological polar surface area (TPSA) is 19.7 Å². The van der Waals surface area contributed by atoms with E-state index in [1.54, 1.807) is 0 Å². The van der Waals surface area contributed by atoms with Gasteiger partial charge in [-0.3, -0.25) is 0 Å². The minimum atomic E-state index is 0.946. The largest absolute Gasteiger partial charge is 0.251 e. The summed E-state index contributed by atoms with van der Waals surface area (Å²) in [4.78, 5) is 3.22. The van der Waals surface area contributed by atoms with E-state index in [0.29, 0.717) is 0 Å². The van der Waals surface area contributed by atoms with E-state index in [0.717, 1.165) is 6.54 Å². The number of aryl methyl sites for hydroxylation is 2. The van der Waals surface area contributed by atoms with Gasteiger partial charge in [0.15, 0.2) is 0 Å². The molecule has 0 aliphatic heterocycles. The van der Waals surface area contributed by atoms with Crippen molar-refractivity contribution in [3.05, 3.63) is 53.6 Å². The monoisotopic (exact) mass is 187 g/mol. The second-order valence-corrected chi connectivity index (χ2v) is 3.59. The fourth-order valence-corrected chi connectivity index (χ4v) is 1.64. The second kappa shape index (κ2) is 3.66. The summed E-state index contributed by atoms with van der Waals surface area (Å²) in [5.41, 5.74) is 2.61. The van der Waals surface area contributed by atoms with Gasteiger partial charge in [-0.1, -0.05) is 30.3 Å². The molecule has 0 atom stereocenters. The molecular formula is C12H15N2+. The molecular weight excluding hydrogens is 172 g/mol. The zero-order valence-corrected chi connectivity index (χ0v) is 8.62. The lowest BCUT2D eigenvalue weighted by molar-refractivity contribution is -0.698. The minimum Gasteiger partial charge on any atom is -0.248 e. The Balaban J connectivity index is 2.27. The average Bonchev–Trinajstić information content (AvgIpc) is 2.51. The van der Waals surface area contributed by atoms with E-state index in [1.165, 1.54) is 17.1 Å². The first-order valence-electron chi connectivity index (χ1n) is 4.86. The molecule has 1 aromatic carbocycles. The van der Waals surface area contributed by atoms with Crippen LogP contribution in [-0.4, -0.2) is 4.98 Å². The highest BCUT2D eigenvalue weighted by Crippen LogP contribution is 1.99. The second-order valence-electron chi connectivity index (χ2n) is 3.59. The lowest BCUT2D eigenvalue weighted by atomic mass is 10.2. The maximum Gasteiger partial charge on any atom is 0.251 e. The van der Waals surface area contributed by atoms with Crippen LogP contribution in [-0.2, 0) is 6.54 Å². The quantitative estimate of drug-likeness (QED) is 0.693. The maximum atomic E-state index is 3.22. The van der Waals surface area contributed by atoms with Gasteiger partial charge in [0.25, 0.3) is 5.82 Å². The van der Waals surface area contributed by atoms with Gasteiger partial charge in [0, 0.05) is 13.8 Å². The minimum absolute atomic E-state index is 0.946. The van der Waals surface area contributed by atoms with E-state index in [2.05, 4.69) is 47.7 Å². The van der Waals surface area contributed by atoms with Crippen LogP contribution in [0.2, 0.25) is 0 Å². The molecule has 0 spiro atoms. The third-order valence-electron chi connectivity index (χ3n) is 2.50. The van der Waals surface area contributed by atoms with Crippen LogP contribution >= 0.6 is 0 Å². The molecule has 0 aliphatic carbocycles. The number of hydrogen-bond donors (Lipinski definition) is 1. The smallest absolute Gasteiger partial charge is 0.248 e. The lowest BCUT2D eigenvalue weighted by Gasteiger charge is -2.00.